The molecule has 0 atom stereocenters. The Morgan fingerprint density at radius 1 is 1.44 bits per heavy atom. The van der Waals surface area contributed by atoms with Gasteiger partial charge in [0.25, 0.3) is 0 Å². The number of carboxylic acid groups (broad SMARTS) is 1. The maximum Gasteiger partial charge on any atom is 0.371 e. The Morgan fingerprint density at radius 3 is 2.94 bits per heavy atom. The van der Waals surface area contributed by atoms with Crippen molar-refractivity contribution in [3.63, 3.8) is 0 Å². The SMILES string of the molecule is CCCOc1ccc2cc(C(=O)O)oc2c1. The number of hydrogen-bond acceptors (Lipinski definition) is 3. The molecule has 1 heterocycles. The summed E-state index contributed by atoms with van der Waals surface area (Å²) in [5.41, 5.74) is 0.533. The minimum atomic E-state index is -1.06. The summed E-state index contributed by atoms with van der Waals surface area (Å²) in [5, 5.41) is 9.54. The van der Waals surface area contributed by atoms with Crippen LogP contribution in [0.25, 0.3) is 11.0 Å². The normalized spacial score (nSPS) is 10.6. The van der Waals surface area contributed by atoms with Gasteiger partial charge in [-0.1, -0.05) is 6.92 Å². The van der Waals surface area contributed by atoms with Crippen LogP contribution in [0, 0.1) is 0 Å². The molecule has 0 fully saturated rings. The second-order valence-electron chi connectivity index (χ2n) is 3.46. The van der Waals surface area contributed by atoms with Gasteiger partial charge in [-0.15, -0.1) is 0 Å². The second kappa shape index (κ2) is 4.26. The maximum absolute atomic E-state index is 10.7. The number of ether oxygens (including phenoxy) is 1. The Kier molecular flexibility index (Phi) is 2.81. The van der Waals surface area contributed by atoms with E-state index < -0.39 is 5.97 Å². The molecular formula is C12H12O4. The third-order valence-electron chi connectivity index (χ3n) is 2.18. The Hall–Kier alpha value is -1.97. The first kappa shape index (κ1) is 10.5. The van der Waals surface area contributed by atoms with Crippen LogP contribution in [-0.4, -0.2) is 17.7 Å². The highest BCUT2D eigenvalue weighted by Crippen LogP contribution is 2.24. The van der Waals surface area contributed by atoms with Gasteiger partial charge in [-0.05, 0) is 24.6 Å². The van der Waals surface area contributed by atoms with Crippen LogP contribution in [0.2, 0.25) is 0 Å². The number of aromatic carboxylic acids is 1. The fourth-order valence-electron chi connectivity index (χ4n) is 1.43. The van der Waals surface area contributed by atoms with E-state index in [1.807, 2.05) is 6.92 Å². The minimum absolute atomic E-state index is 0.0531. The van der Waals surface area contributed by atoms with Gasteiger partial charge in [-0.3, -0.25) is 0 Å². The lowest BCUT2D eigenvalue weighted by atomic mass is 10.2. The number of hydrogen-bond donors (Lipinski definition) is 1. The molecule has 0 aliphatic rings. The molecule has 0 aliphatic heterocycles. The lowest BCUT2D eigenvalue weighted by Crippen LogP contribution is -1.93. The van der Waals surface area contributed by atoms with Gasteiger partial charge in [0, 0.05) is 11.5 Å². The molecule has 2 rings (SSSR count). The van der Waals surface area contributed by atoms with Crippen molar-refractivity contribution >= 4 is 16.9 Å². The number of carboxylic acids is 1. The fourth-order valence-corrected chi connectivity index (χ4v) is 1.43. The Bertz CT molecular complexity index is 513. The number of carbonyl (C=O) groups is 1. The van der Waals surface area contributed by atoms with Crippen LogP contribution in [0.3, 0.4) is 0 Å². The highest BCUT2D eigenvalue weighted by atomic mass is 16.5. The van der Waals surface area contributed by atoms with Crippen molar-refractivity contribution in [3.05, 3.63) is 30.0 Å². The van der Waals surface area contributed by atoms with Crippen molar-refractivity contribution in [2.24, 2.45) is 0 Å². The quantitative estimate of drug-likeness (QED) is 0.860. The Balaban J connectivity index is 2.34. The third-order valence-corrected chi connectivity index (χ3v) is 2.18. The summed E-state index contributed by atoms with van der Waals surface area (Å²) < 4.78 is 10.6. The van der Waals surface area contributed by atoms with Crippen LogP contribution >= 0.6 is 0 Å². The van der Waals surface area contributed by atoms with Crippen molar-refractivity contribution < 1.29 is 19.1 Å². The number of furan rings is 1. The van der Waals surface area contributed by atoms with E-state index in [9.17, 15) is 4.79 Å². The molecule has 2 aromatic rings. The summed E-state index contributed by atoms with van der Waals surface area (Å²) in [5.74, 6) is -0.421. The molecule has 0 unspecified atom stereocenters. The average Bonchev–Trinajstić information content (AvgIpc) is 2.69. The summed E-state index contributed by atoms with van der Waals surface area (Å²) in [6.07, 6.45) is 0.927. The van der Waals surface area contributed by atoms with Crippen LogP contribution in [0.1, 0.15) is 23.9 Å². The smallest absolute Gasteiger partial charge is 0.371 e. The van der Waals surface area contributed by atoms with Gasteiger partial charge in [0.2, 0.25) is 5.76 Å². The predicted molar refractivity (Wildman–Crippen MR) is 59.0 cm³/mol. The van der Waals surface area contributed by atoms with Crippen molar-refractivity contribution in [2.75, 3.05) is 6.61 Å². The molecule has 4 heteroatoms. The van der Waals surface area contributed by atoms with Crippen molar-refractivity contribution in [3.8, 4) is 5.75 Å². The fraction of sp³-hybridized carbons (Fsp3) is 0.250. The zero-order chi connectivity index (χ0) is 11.5. The van der Waals surface area contributed by atoms with E-state index in [1.54, 1.807) is 18.2 Å². The first-order chi connectivity index (χ1) is 7.70. The van der Waals surface area contributed by atoms with E-state index in [2.05, 4.69) is 0 Å². The average molecular weight is 220 g/mol. The molecule has 0 amide bonds. The van der Waals surface area contributed by atoms with Gasteiger partial charge in [0.15, 0.2) is 0 Å². The minimum Gasteiger partial charge on any atom is -0.493 e. The van der Waals surface area contributed by atoms with Crippen molar-refractivity contribution in [1.29, 1.82) is 0 Å². The van der Waals surface area contributed by atoms with Gasteiger partial charge >= 0.3 is 5.97 Å². The summed E-state index contributed by atoms with van der Waals surface area (Å²) in [7, 11) is 0. The van der Waals surface area contributed by atoms with Gasteiger partial charge < -0.3 is 14.3 Å². The molecule has 0 radical (unpaired) electrons. The zero-order valence-electron chi connectivity index (χ0n) is 8.90. The number of rotatable bonds is 4. The van der Waals surface area contributed by atoms with Crippen LogP contribution in [-0.2, 0) is 0 Å². The van der Waals surface area contributed by atoms with Crippen LogP contribution in [0.5, 0.6) is 5.75 Å². The molecule has 4 nitrogen and oxygen atoms in total. The molecule has 0 spiro atoms. The lowest BCUT2D eigenvalue weighted by molar-refractivity contribution is 0.0665. The summed E-state index contributed by atoms with van der Waals surface area (Å²) >= 11 is 0. The van der Waals surface area contributed by atoms with E-state index in [4.69, 9.17) is 14.3 Å². The summed E-state index contributed by atoms with van der Waals surface area (Å²) in [6.45, 7) is 2.66. The van der Waals surface area contributed by atoms with E-state index in [1.165, 1.54) is 6.07 Å². The molecule has 0 saturated heterocycles. The summed E-state index contributed by atoms with van der Waals surface area (Å²) in [4.78, 5) is 10.7. The topological polar surface area (TPSA) is 59.7 Å². The maximum atomic E-state index is 10.7. The molecule has 16 heavy (non-hydrogen) atoms. The highest BCUT2D eigenvalue weighted by molar-refractivity contribution is 5.91. The number of benzene rings is 1. The largest absolute Gasteiger partial charge is 0.493 e. The van der Waals surface area contributed by atoms with E-state index in [-0.39, 0.29) is 5.76 Å². The first-order valence-electron chi connectivity index (χ1n) is 5.10. The Labute approximate surface area is 92.4 Å². The van der Waals surface area contributed by atoms with Crippen LogP contribution < -0.4 is 4.74 Å². The Morgan fingerprint density at radius 2 is 2.25 bits per heavy atom. The molecule has 84 valence electrons. The van der Waals surface area contributed by atoms with E-state index >= 15 is 0 Å². The van der Waals surface area contributed by atoms with Gasteiger partial charge in [-0.2, -0.15) is 0 Å². The number of fused-ring (bicyclic) bond motifs is 1. The molecule has 0 bridgehead atoms. The third kappa shape index (κ3) is 2.00. The van der Waals surface area contributed by atoms with E-state index in [0.717, 1.165) is 11.8 Å². The lowest BCUT2D eigenvalue weighted by Gasteiger charge is -2.02. The van der Waals surface area contributed by atoms with Gasteiger partial charge in [-0.25, -0.2) is 4.79 Å². The van der Waals surface area contributed by atoms with Crippen LogP contribution in [0.4, 0.5) is 0 Å². The molecule has 1 N–H and O–H groups in total. The molecule has 1 aromatic carbocycles. The van der Waals surface area contributed by atoms with Gasteiger partial charge in [0.05, 0.1) is 6.61 Å². The molecule has 0 saturated carbocycles. The molecule has 1 aromatic heterocycles. The van der Waals surface area contributed by atoms with Crippen molar-refractivity contribution in [1.82, 2.24) is 0 Å². The van der Waals surface area contributed by atoms with Crippen LogP contribution in [0.15, 0.2) is 28.7 Å². The second-order valence-corrected chi connectivity index (χ2v) is 3.46. The molecule has 0 aliphatic carbocycles. The zero-order valence-corrected chi connectivity index (χ0v) is 8.90. The highest BCUT2D eigenvalue weighted by Gasteiger charge is 2.10. The first-order valence-corrected chi connectivity index (χ1v) is 5.10. The molecular weight excluding hydrogens is 208 g/mol. The van der Waals surface area contributed by atoms with Gasteiger partial charge in [0.1, 0.15) is 11.3 Å². The van der Waals surface area contributed by atoms with Crippen molar-refractivity contribution in [2.45, 2.75) is 13.3 Å². The predicted octanol–water partition coefficient (Wildman–Crippen LogP) is 2.92. The summed E-state index contributed by atoms with van der Waals surface area (Å²) in [6, 6.07) is 6.80. The standard InChI is InChI=1S/C12H12O4/c1-2-5-15-9-4-3-8-6-11(12(13)14)16-10(8)7-9/h3-4,6-7H,2,5H2,1H3,(H,13,14). The van der Waals surface area contributed by atoms with E-state index in [0.29, 0.717) is 17.9 Å². The monoisotopic (exact) mass is 220 g/mol.